The highest BCUT2D eigenvalue weighted by Gasteiger charge is 2.26. The Hall–Kier alpha value is -2.38. The lowest BCUT2D eigenvalue weighted by Gasteiger charge is -2.20. The number of carbonyl (C=O) groups is 1. The molecule has 2 rings (SSSR count). The Morgan fingerprint density at radius 3 is 2.18 bits per heavy atom. The molecule has 152 valence electrons. The molecule has 0 aliphatic carbocycles. The number of amides is 1. The summed E-state index contributed by atoms with van der Waals surface area (Å²) in [7, 11) is -2.32. The van der Waals surface area contributed by atoms with Crippen molar-refractivity contribution < 1.29 is 17.9 Å². The standard InChI is InChI=1S/C21H28N2O4S/c1-15(2)13-20(21(24)22-14-17-7-5-16(3)6-8-17)23-28(25,26)19-11-9-18(27-4)10-12-19/h5-12,15,20,23H,13-14H2,1-4H3,(H,22,24). The van der Waals surface area contributed by atoms with E-state index >= 15 is 0 Å². The van der Waals surface area contributed by atoms with Gasteiger partial charge in [-0.05, 0) is 49.1 Å². The first-order valence-electron chi connectivity index (χ1n) is 9.21. The van der Waals surface area contributed by atoms with Crippen LogP contribution in [-0.4, -0.2) is 27.5 Å². The third-order valence-electron chi connectivity index (χ3n) is 4.28. The third kappa shape index (κ3) is 6.35. The molecule has 2 N–H and O–H groups in total. The van der Waals surface area contributed by atoms with E-state index in [1.165, 1.54) is 19.2 Å². The van der Waals surface area contributed by atoms with Crippen LogP contribution in [0, 0.1) is 12.8 Å². The van der Waals surface area contributed by atoms with Crippen molar-refractivity contribution in [3.8, 4) is 5.75 Å². The van der Waals surface area contributed by atoms with Gasteiger partial charge in [-0.2, -0.15) is 4.72 Å². The lowest BCUT2D eigenvalue weighted by molar-refractivity contribution is -0.123. The van der Waals surface area contributed by atoms with Gasteiger partial charge < -0.3 is 10.1 Å². The molecule has 0 heterocycles. The Bertz CT molecular complexity index is 876. The molecular weight excluding hydrogens is 376 g/mol. The largest absolute Gasteiger partial charge is 0.497 e. The molecule has 28 heavy (non-hydrogen) atoms. The van der Waals surface area contributed by atoms with E-state index in [9.17, 15) is 13.2 Å². The molecule has 0 spiro atoms. The fourth-order valence-electron chi connectivity index (χ4n) is 2.71. The summed E-state index contributed by atoms with van der Waals surface area (Å²) in [5.41, 5.74) is 2.10. The predicted molar refractivity (Wildman–Crippen MR) is 110 cm³/mol. The van der Waals surface area contributed by atoms with Crippen LogP contribution in [-0.2, 0) is 21.4 Å². The molecule has 1 atom stereocenters. The summed E-state index contributed by atoms with van der Waals surface area (Å²) in [5, 5.41) is 2.83. The summed E-state index contributed by atoms with van der Waals surface area (Å²) in [5.74, 6) is 0.369. The third-order valence-corrected chi connectivity index (χ3v) is 5.77. The number of benzene rings is 2. The van der Waals surface area contributed by atoms with Crippen LogP contribution in [0.15, 0.2) is 53.4 Å². The van der Waals surface area contributed by atoms with E-state index in [0.717, 1.165) is 11.1 Å². The van der Waals surface area contributed by atoms with Crippen molar-refractivity contribution >= 4 is 15.9 Å². The minimum Gasteiger partial charge on any atom is -0.497 e. The monoisotopic (exact) mass is 404 g/mol. The minimum atomic E-state index is -3.83. The fourth-order valence-corrected chi connectivity index (χ4v) is 3.92. The van der Waals surface area contributed by atoms with Gasteiger partial charge in [0, 0.05) is 6.54 Å². The highest BCUT2D eigenvalue weighted by molar-refractivity contribution is 7.89. The predicted octanol–water partition coefficient (Wildman–Crippen LogP) is 3.01. The van der Waals surface area contributed by atoms with Crippen LogP contribution in [0.5, 0.6) is 5.75 Å². The van der Waals surface area contributed by atoms with Crippen LogP contribution in [0.3, 0.4) is 0 Å². The smallest absolute Gasteiger partial charge is 0.241 e. The maximum absolute atomic E-state index is 12.7. The van der Waals surface area contributed by atoms with Crippen LogP contribution in [0.4, 0.5) is 0 Å². The lowest BCUT2D eigenvalue weighted by atomic mass is 10.0. The van der Waals surface area contributed by atoms with E-state index < -0.39 is 16.1 Å². The second-order valence-corrected chi connectivity index (χ2v) is 8.90. The summed E-state index contributed by atoms with van der Waals surface area (Å²) in [6, 6.07) is 13.0. The number of aryl methyl sites for hydroxylation is 1. The van der Waals surface area contributed by atoms with E-state index in [2.05, 4.69) is 10.0 Å². The van der Waals surface area contributed by atoms with Gasteiger partial charge in [0.25, 0.3) is 0 Å². The Balaban J connectivity index is 2.10. The molecule has 0 radical (unpaired) electrons. The maximum atomic E-state index is 12.7. The average Bonchev–Trinajstić information content (AvgIpc) is 2.66. The molecule has 0 saturated carbocycles. The molecule has 0 aliphatic rings. The number of methoxy groups -OCH3 is 1. The second kappa shape index (κ2) is 9.71. The van der Waals surface area contributed by atoms with Crippen LogP contribution < -0.4 is 14.8 Å². The number of rotatable bonds is 9. The van der Waals surface area contributed by atoms with Crippen LogP contribution in [0.2, 0.25) is 0 Å². The SMILES string of the molecule is COc1ccc(S(=O)(=O)NC(CC(C)C)C(=O)NCc2ccc(C)cc2)cc1. The van der Waals surface area contributed by atoms with Gasteiger partial charge in [-0.15, -0.1) is 0 Å². The first-order chi connectivity index (χ1) is 13.2. The summed E-state index contributed by atoms with van der Waals surface area (Å²) in [6.45, 7) is 6.23. The van der Waals surface area contributed by atoms with Crippen molar-refractivity contribution in [1.82, 2.24) is 10.0 Å². The van der Waals surface area contributed by atoms with Crippen molar-refractivity contribution in [1.29, 1.82) is 0 Å². The van der Waals surface area contributed by atoms with Gasteiger partial charge >= 0.3 is 0 Å². The molecule has 1 unspecified atom stereocenters. The van der Waals surface area contributed by atoms with Crippen molar-refractivity contribution in [2.24, 2.45) is 5.92 Å². The zero-order chi connectivity index (χ0) is 20.7. The highest BCUT2D eigenvalue weighted by Crippen LogP contribution is 2.17. The number of ether oxygens (including phenoxy) is 1. The molecule has 2 aromatic carbocycles. The molecule has 0 bridgehead atoms. The average molecular weight is 405 g/mol. The number of sulfonamides is 1. The Morgan fingerprint density at radius 2 is 1.64 bits per heavy atom. The van der Waals surface area contributed by atoms with Crippen molar-refractivity contribution in [3.63, 3.8) is 0 Å². The van der Waals surface area contributed by atoms with Gasteiger partial charge in [0.2, 0.25) is 15.9 Å². The maximum Gasteiger partial charge on any atom is 0.241 e. The normalized spacial score (nSPS) is 12.6. The van der Waals surface area contributed by atoms with Crippen LogP contribution >= 0.6 is 0 Å². The summed E-state index contributed by atoms with van der Waals surface area (Å²) < 4.78 is 33.0. The number of nitrogens with one attached hydrogen (secondary N) is 2. The molecule has 0 aromatic heterocycles. The highest BCUT2D eigenvalue weighted by atomic mass is 32.2. The number of hydrogen-bond donors (Lipinski definition) is 2. The van der Waals surface area contributed by atoms with Gasteiger partial charge in [-0.25, -0.2) is 8.42 Å². The van der Waals surface area contributed by atoms with Crippen molar-refractivity contribution in [2.45, 2.75) is 44.7 Å². The Morgan fingerprint density at radius 1 is 1.04 bits per heavy atom. The quantitative estimate of drug-likeness (QED) is 0.673. The number of hydrogen-bond acceptors (Lipinski definition) is 4. The number of carbonyl (C=O) groups excluding carboxylic acids is 1. The zero-order valence-corrected chi connectivity index (χ0v) is 17.5. The first-order valence-corrected chi connectivity index (χ1v) is 10.7. The first kappa shape index (κ1) is 21.9. The molecule has 6 nitrogen and oxygen atoms in total. The molecule has 2 aromatic rings. The van der Waals surface area contributed by atoms with E-state index in [1.54, 1.807) is 12.1 Å². The summed E-state index contributed by atoms with van der Waals surface area (Å²) in [6.07, 6.45) is 0.398. The second-order valence-electron chi connectivity index (χ2n) is 7.18. The van der Waals surface area contributed by atoms with Crippen molar-refractivity contribution in [3.05, 3.63) is 59.7 Å². The summed E-state index contributed by atoms with van der Waals surface area (Å²) in [4.78, 5) is 12.8. The molecule has 0 saturated heterocycles. The Kier molecular flexibility index (Phi) is 7.60. The van der Waals surface area contributed by atoms with E-state index in [-0.39, 0.29) is 16.7 Å². The van der Waals surface area contributed by atoms with E-state index in [1.807, 2.05) is 45.0 Å². The van der Waals surface area contributed by atoms with Crippen molar-refractivity contribution in [2.75, 3.05) is 7.11 Å². The molecular formula is C21H28N2O4S. The van der Waals surface area contributed by atoms with E-state index in [4.69, 9.17) is 4.74 Å². The molecule has 0 fully saturated rings. The van der Waals surface area contributed by atoms with Gasteiger partial charge in [0.1, 0.15) is 11.8 Å². The van der Waals surface area contributed by atoms with Crippen LogP contribution in [0.1, 0.15) is 31.4 Å². The zero-order valence-electron chi connectivity index (χ0n) is 16.7. The fraction of sp³-hybridized carbons (Fsp3) is 0.381. The van der Waals surface area contributed by atoms with Gasteiger partial charge in [0.15, 0.2) is 0 Å². The van der Waals surface area contributed by atoms with Gasteiger partial charge in [-0.3, -0.25) is 4.79 Å². The molecule has 0 aliphatic heterocycles. The lowest BCUT2D eigenvalue weighted by Crippen LogP contribution is -2.47. The molecule has 7 heteroatoms. The van der Waals surface area contributed by atoms with Gasteiger partial charge in [0.05, 0.1) is 12.0 Å². The molecule has 1 amide bonds. The van der Waals surface area contributed by atoms with E-state index in [0.29, 0.717) is 18.7 Å². The van der Waals surface area contributed by atoms with Crippen LogP contribution in [0.25, 0.3) is 0 Å². The summed E-state index contributed by atoms with van der Waals surface area (Å²) >= 11 is 0. The minimum absolute atomic E-state index is 0.0911. The van der Waals surface area contributed by atoms with Gasteiger partial charge in [-0.1, -0.05) is 43.7 Å². The Labute approximate surface area is 167 Å². The topological polar surface area (TPSA) is 84.5 Å².